The van der Waals surface area contributed by atoms with Gasteiger partial charge in [0.1, 0.15) is 5.75 Å². The summed E-state index contributed by atoms with van der Waals surface area (Å²) in [6, 6.07) is 18.0. The molecule has 1 aliphatic rings. The van der Waals surface area contributed by atoms with E-state index in [1.54, 1.807) is 0 Å². The Balaban J connectivity index is 1.60. The van der Waals surface area contributed by atoms with Crippen molar-refractivity contribution in [3.05, 3.63) is 54.6 Å². The maximum absolute atomic E-state index is 12.6. The molecule has 2 aromatic carbocycles. The molecule has 0 spiro atoms. The van der Waals surface area contributed by atoms with Gasteiger partial charge in [-0.3, -0.25) is 4.79 Å². The van der Waals surface area contributed by atoms with Gasteiger partial charge in [-0.1, -0.05) is 42.5 Å². The van der Waals surface area contributed by atoms with Gasteiger partial charge in [0.15, 0.2) is 6.61 Å². The average molecular weight is 339 g/mol. The second kappa shape index (κ2) is 7.28. The van der Waals surface area contributed by atoms with Crippen molar-refractivity contribution in [2.75, 3.05) is 19.8 Å². The first-order chi connectivity index (χ1) is 12.0. The predicted molar refractivity (Wildman–Crippen MR) is 98.6 cm³/mol. The fourth-order valence-electron chi connectivity index (χ4n) is 3.02. The Bertz CT molecular complexity index is 710. The molecule has 0 aromatic heterocycles. The van der Waals surface area contributed by atoms with E-state index in [9.17, 15) is 4.79 Å². The molecule has 1 saturated heterocycles. The molecular formula is C21H25NO3. The molecule has 0 radical (unpaired) electrons. The van der Waals surface area contributed by atoms with E-state index in [0.717, 1.165) is 11.1 Å². The summed E-state index contributed by atoms with van der Waals surface area (Å²) >= 11 is 0. The SMILES string of the molecule is CC1CN(C(=O)COc2ccc(-c3ccccc3)cc2)C(C)(C)CO1. The van der Waals surface area contributed by atoms with Crippen LogP contribution in [0.1, 0.15) is 20.8 Å². The number of carbonyl (C=O) groups excluding carboxylic acids is 1. The molecule has 1 amide bonds. The minimum absolute atomic E-state index is 0.00714. The number of rotatable bonds is 4. The normalized spacial score (nSPS) is 19.5. The van der Waals surface area contributed by atoms with E-state index in [4.69, 9.17) is 9.47 Å². The van der Waals surface area contributed by atoms with Crippen molar-refractivity contribution in [2.45, 2.75) is 32.4 Å². The topological polar surface area (TPSA) is 38.8 Å². The molecule has 4 heteroatoms. The number of carbonyl (C=O) groups is 1. The van der Waals surface area contributed by atoms with Crippen molar-refractivity contribution < 1.29 is 14.3 Å². The first-order valence-corrected chi connectivity index (χ1v) is 8.66. The molecular weight excluding hydrogens is 314 g/mol. The molecule has 1 atom stereocenters. The average Bonchev–Trinajstić information content (AvgIpc) is 2.63. The van der Waals surface area contributed by atoms with Crippen molar-refractivity contribution in [3.8, 4) is 16.9 Å². The van der Waals surface area contributed by atoms with Gasteiger partial charge in [0.25, 0.3) is 5.91 Å². The fraction of sp³-hybridized carbons (Fsp3) is 0.381. The largest absolute Gasteiger partial charge is 0.484 e. The lowest BCUT2D eigenvalue weighted by Crippen LogP contribution is -2.58. The van der Waals surface area contributed by atoms with Gasteiger partial charge in [0, 0.05) is 6.54 Å². The highest BCUT2D eigenvalue weighted by molar-refractivity contribution is 5.78. The van der Waals surface area contributed by atoms with Gasteiger partial charge in [-0.05, 0) is 44.0 Å². The van der Waals surface area contributed by atoms with Gasteiger partial charge in [-0.2, -0.15) is 0 Å². The van der Waals surface area contributed by atoms with Gasteiger partial charge >= 0.3 is 0 Å². The number of hydrogen-bond donors (Lipinski definition) is 0. The molecule has 25 heavy (non-hydrogen) atoms. The van der Waals surface area contributed by atoms with Crippen molar-refractivity contribution in [1.82, 2.24) is 4.90 Å². The van der Waals surface area contributed by atoms with Crippen LogP contribution >= 0.6 is 0 Å². The van der Waals surface area contributed by atoms with Crippen LogP contribution in [-0.2, 0) is 9.53 Å². The van der Waals surface area contributed by atoms with E-state index in [0.29, 0.717) is 18.9 Å². The number of morpholine rings is 1. The highest BCUT2D eigenvalue weighted by Gasteiger charge is 2.36. The number of amides is 1. The minimum Gasteiger partial charge on any atom is -0.484 e. The van der Waals surface area contributed by atoms with Crippen LogP contribution in [0, 0.1) is 0 Å². The molecule has 2 aromatic rings. The van der Waals surface area contributed by atoms with Crippen molar-refractivity contribution in [2.24, 2.45) is 0 Å². The highest BCUT2D eigenvalue weighted by atomic mass is 16.5. The summed E-state index contributed by atoms with van der Waals surface area (Å²) in [7, 11) is 0. The Morgan fingerprint density at radius 1 is 1.12 bits per heavy atom. The molecule has 1 fully saturated rings. The summed E-state index contributed by atoms with van der Waals surface area (Å²) in [6.45, 7) is 7.21. The van der Waals surface area contributed by atoms with Crippen molar-refractivity contribution in [1.29, 1.82) is 0 Å². The van der Waals surface area contributed by atoms with Crippen molar-refractivity contribution in [3.63, 3.8) is 0 Å². The molecule has 0 aliphatic carbocycles. The van der Waals surface area contributed by atoms with Gasteiger partial charge in [0.2, 0.25) is 0 Å². The molecule has 4 nitrogen and oxygen atoms in total. The van der Waals surface area contributed by atoms with E-state index < -0.39 is 0 Å². The highest BCUT2D eigenvalue weighted by Crippen LogP contribution is 2.24. The summed E-state index contributed by atoms with van der Waals surface area (Å²) in [5, 5.41) is 0. The van der Waals surface area contributed by atoms with E-state index in [1.807, 2.05) is 68.1 Å². The Kier molecular flexibility index (Phi) is 5.09. The van der Waals surface area contributed by atoms with Crippen LogP contribution in [0.25, 0.3) is 11.1 Å². The maximum Gasteiger partial charge on any atom is 0.261 e. The van der Waals surface area contributed by atoms with Crippen LogP contribution in [-0.4, -0.2) is 42.2 Å². The second-order valence-electron chi connectivity index (χ2n) is 7.12. The number of hydrogen-bond acceptors (Lipinski definition) is 3. The lowest BCUT2D eigenvalue weighted by molar-refractivity contribution is -0.154. The summed E-state index contributed by atoms with van der Waals surface area (Å²) in [4.78, 5) is 14.4. The van der Waals surface area contributed by atoms with Gasteiger partial charge in [0.05, 0.1) is 18.2 Å². The first kappa shape index (κ1) is 17.5. The second-order valence-corrected chi connectivity index (χ2v) is 7.12. The fourth-order valence-corrected chi connectivity index (χ4v) is 3.02. The van der Waals surface area contributed by atoms with Gasteiger partial charge in [-0.25, -0.2) is 0 Å². The smallest absolute Gasteiger partial charge is 0.261 e. The number of benzene rings is 2. The van der Waals surface area contributed by atoms with Crippen molar-refractivity contribution >= 4 is 5.91 Å². The quantitative estimate of drug-likeness (QED) is 0.851. The Morgan fingerprint density at radius 3 is 2.44 bits per heavy atom. The monoisotopic (exact) mass is 339 g/mol. The van der Waals surface area contributed by atoms with Gasteiger partial charge in [-0.15, -0.1) is 0 Å². The molecule has 132 valence electrons. The van der Waals surface area contributed by atoms with E-state index >= 15 is 0 Å². The third-order valence-electron chi connectivity index (χ3n) is 4.52. The standard InChI is InChI=1S/C21H25NO3/c1-16-13-22(21(2,3)15-25-16)20(23)14-24-19-11-9-18(10-12-19)17-7-5-4-6-8-17/h4-12,16H,13-15H2,1-3H3. The zero-order valence-electron chi connectivity index (χ0n) is 15.1. The maximum atomic E-state index is 12.6. The molecule has 0 saturated carbocycles. The minimum atomic E-state index is -0.301. The zero-order valence-corrected chi connectivity index (χ0v) is 15.1. The molecule has 1 unspecified atom stereocenters. The van der Waals surface area contributed by atoms with E-state index in [1.165, 1.54) is 0 Å². The Hall–Kier alpha value is -2.33. The van der Waals surface area contributed by atoms with Crippen LogP contribution in [0.15, 0.2) is 54.6 Å². The Morgan fingerprint density at radius 2 is 1.76 bits per heavy atom. The summed E-state index contributed by atoms with van der Waals surface area (Å²) in [6.07, 6.45) is 0.0575. The molecule has 0 N–H and O–H groups in total. The zero-order chi connectivity index (χ0) is 17.9. The predicted octanol–water partition coefficient (Wildman–Crippen LogP) is 3.76. The number of ether oxygens (including phenoxy) is 2. The van der Waals surface area contributed by atoms with E-state index in [2.05, 4.69) is 12.1 Å². The van der Waals surface area contributed by atoms with E-state index in [-0.39, 0.29) is 24.2 Å². The number of nitrogens with zero attached hydrogens (tertiary/aromatic N) is 1. The molecule has 0 bridgehead atoms. The lowest BCUT2D eigenvalue weighted by Gasteiger charge is -2.44. The van der Waals surface area contributed by atoms with Crippen LogP contribution in [0.4, 0.5) is 0 Å². The first-order valence-electron chi connectivity index (χ1n) is 8.66. The summed E-state index contributed by atoms with van der Waals surface area (Å²) < 4.78 is 11.4. The van der Waals surface area contributed by atoms with Crippen LogP contribution in [0.3, 0.4) is 0 Å². The molecule has 3 rings (SSSR count). The lowest BCUT2D eigenvalue weighted by atomic mass is 10.0. The third-order valence-corrected chi connectivity index (χ3v) is 4.52. The van der Waals surface area contributed by atoms with Crippen LogP contribution in [0.5, 0.6) is 5.75 Å². The Labute approximate surface area is 149 Å². The van der Waals surface area contributed by atoms with Gasteiger partial charge < -0.3 is 14.4 Å². The van der Waals surface area contributed by atoms with Crippen LogP contribution < -0.4 is 4.74 Å². The molecule has 1 aliphatic heterocycles. The third kappa shape index (κ3) is 4.20. The van der Waals surface area contributed by atoms with Crippen LogP contribution in [0.2, 0.25) is 0 Å². The summed E-state index contributed by atoms with van der Waals surface area (Å²) in [5.74, 6) is 0.694. The molecule has 1 heterocycles. The summed E-state index contributed by atoms with van der Waals surface area (Å²) in [5.41, 5.74) is 1.99.